The number of aryl methyl sites for hydroxylation is 1. The Morgan fingerprint density at radius 2 is 1.96 bits per heavy atom. The van der Waals surface area contributed by atoms with Gasteiger partial charge in [-0.15, -0.1) is 11.3 Å². The molecule has 0 radical (unpaired) electrons. The fourth-order valence-electron chi connectivity index (χ4n) is 3.35. The summed E-state index contributed by atoms with van der Waals surface area (Å²) in [5.74, 6) is -1.03. The number of aromatic amines is 1. The van der Waals surface area contributed by atoms with Crippen molar-refractivity contribution < 1.29 is 19.2 Å². The number of amides is 3. The van der Waals surface area contributed by atoms with Crippen molar-refractivity contribution >= 4 is 34.8 Å². The average Bonchev–Trinajstić information content (AvgIpc) is 3.23. The van der Waals surface area contributed by atoms with Crippen LogP contribution in [0.15, 0.2) is 17.5 Å². The van der Waals surface area contributed by atoms with Crippen molar-refractivity contribution in [1.82, 2.24) is 15.2 Å². The minimum atomic E-state index is -1.17. The first-order valence-electron chi connectivity index (χ1n) is 8.08. The molecule has 3 rings (SSSR count). The minimum Gasteiger partial charge on any atom is -0.355 e. The molecule has 8 heteroatoms. The number of hydrogen-bond acceptors (Lipinski definition) is 5. The largest absolute Gasteiger partial charge is 0.355 e. The number of ketones is 2. The average molecular weight is 373 g/mol. The summed E-state index contributed by atoms with van der Waals surface area (Å²) in [5, 5.41) is 4.49. The summed E-state index contributed by atoms with van der Waals surface area (Å²) in [6.07, 6.45) is 0. The molecule has 2 aromatic rings. The van der Waals surface area contributed by atoms with Crippen LogP contribution < -0.4 is 5.32 Å². The molecule has 1 saturated heterocycles. The van der Waals surface area contributed by atoms with E-state index in [1.165, 1.54) is 18.3 Å². The first-order valence-corrected chi connectivity index (χ1v) is 8.96. The quantitative estimate of drug-likeness (QED) is 0.621. The Balaban J connectivity index is 1.87. The fraction of sp³-hybridized carbons (Fsp3) is 0.333. The normalized spacial score (nSPS) is 19.8. The van der Waals surface area contributed by atoms with Crippen LogP contribution in [0.4, 0.5) is 4.79 Å². The molecule has 3 heterocycles. The zero-order valence-electron chi connectivity index (χ0n) is 14.9. The van der Waals surface area contributed by atoms with E-state index in [0.717, 1.165) is 4.90 Å². The van der Waals surface area contributed by atoms with Gasteiger partial charge in [-0.2, -0.15) is 0 Å². The van der Waals surface area contributed by atoms with Crippen molar-refractivity contribution in [2.45, 2.75) is 33.2 Å². The van der Waals surface area contributed by atoms with Crippen LogP contribution in [0.1, 0.15) is 50.8 Å². The van der Waals surface area contributed by atoms with Crippen LogP contribution in [0.2, 0.25) is 0 Å². The molecule has 1 aliphatic heterocycles. The van der Waals surface area contributed by atoms with Gasteiger partial charge >= 0.3 is 6.03 Å². The highest BCUT2D eigenvalue weighted by Gasteiger charge is 2.50. The predicted octanol–water partition coefficient (Wildman–Crippen LogP) is 2.55. The summed E-state index contributed by atoms with van der Waals surface area (Å²) >= 11 is 1.36. The van der Waals surface area contributed by atoms with E-state index >= 15 is 0 Å². The van der Waals surface area contributed by atoms with E-state index in [1.54, 1.807) is 32.9 Å². The van der Waals surface area contributed by atoms with Crippen LogP contribution in [0, 0.1) is 13.8 Å². The molecule has 0 spiro atoms. The lowest BCUT2D eigenvalue weighted by Crippen LogP contribution is -2.41. The van der Waals surface area contributed by atoms with E-state index in [4.69, 9.17) is 0 Å². The number of nitrogens with zero attached hydrogens (tertiary/aromatic N) is 1. The Morgan fingerprint density at radius 3 is 2.50 bits per heavy atom. The highest BCUT2D eigenvalue weighted by molar-refractivity contribution is 7.10. The number of hydrogen-bond donors (Lipinski definition) is 2. The Kier molecular flexibility index (Phi) is 4.31. The van der Waals surface area contributed by atoms with Gasteiger partial charge in [0.2, 0.25) is 0 Å². The fourth-order valence-corrected chi connectivity index (χ4v) is 4.19. The van der Waals surface area contributed by atoms with E-state index in [-0.39, 0.29) is 18.0 Å². The molecule has 3 amide bonds. The smallest absolute Gasteiger partial charge is 0.325 e. The summed E-state index contributed by atoms with van der Waals surface area (Å²) in [4.78, 5) is 54.1. The Bertz CT molecular complexity index is 929. The van der Waals surface area contributed by atoms with Crippen molar-refractivity contribution in [3.05, 3.63) is 44.9 Å². The first kappa shape index (κ1) is 18.1. The third-order valence-electron chi connectivity index (χ3n) is 4.66. The number of urea groups is 1. The maximum Gasteiger partial charge on any atom is 0.325 e. The lowest BCUT2D eigenvalue weighted by molar-refractivity contribution is -0.130. The maximum absolute atomic E-state index is 12.8. The lowest BCUT2D eigenvalue weighted by Gasteiger charge is -2.19. The van der Waals surface area contributed by atoms with Crippen molar-refractivity contribution in [1.29, 1.82) is 0 Å². The van der Waals surface area contributed by atoms with Crippen LogP contribution in [0.5, 0.6) is 0 Å². The minimum absolute atomic E-state index is 0.143. The molecule has 0 saturated carbocycles. The summed E-state index contributed by atoms with van der Waals surface area (Å²) < 4.78 is 0. The molecule has 1 unspecified atom stereocenters. The molecule has 1 fully saturated rings. The molecule has 0 aromatic carbocycles. The molecule has 2 aromatic heterocycles. The van der Waals surface area contributed by atoms with Crippen molar-refractivity contribution in [2.24, 2.45) is 0 Å². The summed E-state index contributed by atoms with van der Waals surface area (Å²) in [6, 6.07) is 2.96. The molecule has 2 N–H and O–H groups in total. The van der Waals surface area contributed by atoms with Crippen LogP contribution in [0.3, 0.4) is 0 Å². The van der Waals surface area contributed by atoms with E-state index < -0.39 is 23.3 Å². The van der Waals surface area contributed by atoms with Gasteiger partial charge in [0.1, 0.15) is 0 Å². The second-order valence-electron chi connectivity index (χ2n) is 6.53. The molecular weight excluding hydrogens is 354 g/mol. The van der Waals surface area contributed by atoms with Crippen LogP contribution in [-0.4, -0.2) is 39.9 Å². The third-order valence-corrected chi connectivity index (χ3v) is 5.75. The number of Topliss-reactive ketones (excluding diaryl/α,β-unsaturated/α-hetero) is 2. The Hall–Kier alpha value is -2.74. The number of H-pyrrole nitrogens is 1. The monoisotopic (exact) mass is 373 g/mol. The predicted molar refractivity (Wildman–Crippen MR) is 96.5 cm³/mol. The number of nitrogens with one attached hydrogen (secondary N) is 2. The SMILES string of the molecule is CC(=O)c1c(C)[nH]c(C(=O)CN2C(=O)NC(C)(c3cccs3)C2=O)c1C. The number of rotatable bonds is 5. The van der Waals surface area contributed by atoms with Crippen LogP contribution in [0.25, 0.3) is 0 Å². The topological polar surface area (TPSA) is 99.3 Å². The number of carbonyl (C=O) groups is 4. The molecular formula is C18H19N3O4S. The third kappa shape index (κ3) is 2.66. The van der Waals surface area contributed by atoms with Gasteiger partial charge in [-0.05, 0) is 44.7 Å². The molecule has 0 aliphatic carbocycles. The highest BCUT2D eigenvalue weighted by atomic mass is 32.1. The van der Waals surface area contributed by atoms with Crippen LogP contribution >= 0.6 is 11.3 Å². The summed E-state index contributed by atoms with van der Waals surface area (Å²) in [5.41, 5.74) is 0.676. The second-order valence-corrected chi connectivity index (χ2v) is 7.48. The van der Waals surface area contributed by atoms with E-state index in [9.17, 15) is 19.2 Å². The molecule has 0 bridgehead atoms. The van der Waals surface area contributed by atoms with Gasteiger partial charge in [-0.3, -0.25) is 19.3 Å². The Labute approximate surface area is 154 Å². The van der Waals surface area contributed by atoms with Gasteiger partial charge in [0.15, 0.2) is 17.1 Å². The maximum atomic E-state index is 12.8. The van der Waals surface area contributed by atoms with Crippen LogP contribution in [-0.2, 0) is 10.3 Å². The van der Waals surface area contributed by atoms with Gasteiger partial charge in [0.25, 0.3) is 5.91 Å². The van der Waals surface area contributed by atoms with Gasteiger partial charge in [-0.25, -0.2) is 4.79 Å². The van der Waals surface area contributed by atoms with Gasteiger partial charge in [0.05, 0.1) is 12.2 Å². The molecule has 7 nitrogen and oxygen atoms in total. The van der Waals surface area contributed by atoms with Crippen molar-refractivity contribution in [3.8, 4) is 0 Å². The standard InChI is InChI=1S/C18H19N3O4S/c1-9-14(11(3)22)10(2)19-15(9)12(23)8-21-16(24)18(4,20-17(21)25)13-6-5-7-26-13/h5-7,19H,8H2,1-4H3,(H,20,25). The highest BCUT2D eigenvalue weighted by Crippen LogP contribution is 2.32. The first-order chi connectivity index (χ1) is 12.2. The molecule has 26 heavy (non-hydrogen) atoms. The summed E-state index contributed by atoms with van der Waals surface area (Å²) in [6.45, 7) is 6.06. The Morgan fingerprint density at radius 1 is 1.27 bits per heavy atom. The zero-order valence-corrected chi connectivity index (χ0v) is 15.7. The lowest BCUT2D eigenvalue weighted by atomic mass is 10.0. The summed E-state index contributed by atoms with van der Waals surface area (Å²) in [7, 11) is 0. The van der Waals surface area contributed by atoms with E-state index in [0.29, 0.717) is 21.7 Å². The van der Waals surface area contributed by atoms with E-state index in [1.807, 2.05) is 5.38 Å². The zero-order chi connectivity index (χ0) is 19.2. The van der Waals surface area contributed by atoms with E-state index in [2.05, 4.69) is 10.3 Å². The van der Waals surface area contributed by atoms with Gasteiger partial charge in [-0.1, -0.05) is 6.07 Å². The van der Waals surface area contributed by atoms with Gasteiger partial charge in [0, 0.05) is 16.1 Å². The molecule has 136 valence electrons. The number of imide groups is 1. The number of thiophene rings is 1. The van der Waals surface area contributed by atoms with Gasteiger partial charge < -0.3 is 10.3 Å². The number of carbonyl (C=O) groups excluding carboxylic acids is 4. The molecule has 1 aliphatic rings. The van der Waals surface area contributed by atoms with Crippen molar-refractivity contribution in [3.63, 3.8) is 0 Å². The number of aromatic nitrogens is 1. The van der Waals surface area contributed by atoms with Crippen molar-refractivity contribution in [2.75, 3.05) is 6.54 Å². The second kappa shape index (κ2) is 6.21. The molecule has 1 atom stereocenters.